The fraction of sp³-hybridized carbons (Fsp3) is 0.455. The van der Waals surface area contributed by atoms with E-state index in [0.717, 1.165) is 24.3 Å². The van der Waals surface area contributed by atoms with Crippen molar-refractivity contribution in [2.24, 2.45) is 0 Å². The van der Waals surface area contributed by atoms with Crippen LogP contribution in [0, 0.1) is 13.8 Å². The minimum Gasteiger partial charge on any atom is -0.491 e. The number of ether oxygens (including phenoxy) is 1. The Hall–Kier alpha value is -1.84. The standard InChI is InChI=1S/C22H31NO2/c1-5-19(4)23(14-20-12-10-17(2)11-13-20)15-21(24)16-25-22-9-7-6-8-18(22)3/h6-13,19,21,24H,5,14-16H2,1-4H3/t19-,21-/m0/s1. The van der Waals surface area contributed by atoms with Gasteiger partial charge in [0, 0.05) is 19.1 Å². The first-order valence-electron chi connectivity index (χ1n) is 9.15. The number of hydrogen-bond donors (Lipinski definition) is 1. The Kier molecular flexibility index (Phi) is 7.48. The molecule has 2 aromatic carbocycles. The first kappa shape index (κ1) is 19.5. The van der Waals surface area contributed by atoms with Crippen LogP contribution in [-0.2, 0) is 6.54 Å². The molecule has 0 heterocycles. The molecule has 136 valence electrons. The highest BCUT2D eigenvalue weighted by molar-refractivity contribution is 5.31. The summed E-state index contributed by atoms with van der Waals surface area (Å²) < 4.78 is 5.80. The molecule has 2 atom stereocenters. The average Bonchev–Trinajstić information content (AvgIpc) is 2.61. The van der Waals surface area contributed by atoms with Gasteiger partial charge in [-0.15, -0.1) is 0 Å². The van der Waals surface area contributed by atoms with Crippen molar-refractivity contribution in [3.05, 3.63) is 65.2 Å². The SMILES string of the molecule is CC[C@H](C)N(Cc1ccc(C)cc1)C[C@H](O)COc1ccccc1C. The molecule has 0 saturated heterocycles. The van der Waals surface area contributed by atoms with Gasteiger partial charge in [0.1, 0.15) is 18.5 Å². The third kappa shape index (κ3) is 6.18. The first-order valence-corrected chi connectivity index (χ1v) is 9.15. The van der Waals surface area contributed by atoms with Gasteiger partial charge in [0.15, 0.2) is 0 Å². The summed E-state index contributed by atoms with van der Waals surface area (Å²) in [7, 11) is 0. The van der Waals surface area contributed by atoms with Gasteiger partial charge in [0.25, 0.3) is 0 Å². The molecule has 0 spiro atoms. The molecular weight excluding hydrogens is 310 g/mol. The van der Waals surface area contributed by atoms with Crippen LogP contribution < -0.4 is 4.74 Å². The number of aliphatic hydroxyl groups is 1. The highest BCUT2D eigenvalue weighted by Crippen LogP contribution is 2.17. The van der Waals surface area contributed by atoms with Gasteiger partial charge >= 0.3 is 0 Å². The van der Waals surface area contributed by atoms with E-state index in [4.69, 9.17) is 4.74 Å². The number of nitrogens with zero attached hydrogens (tertiary/aromatic N) is 1. The monoisotopic (exact) mass is 341 g/mol. The van der Waals surface area contributed by atoms with E-state index in [1.807, 2.05) is 31.2 Å². The maximum Gasteiger partial charge on any atom is 0.122 e. The summed E-state index contributed by atoms with van der Waals surface area (Å²) in [5.41, 5.74) is 3.64. The molecule has 3 nitrogen and oxygen atoms in total. The van der Waals surface area contributed by atoms with Gasteiger partial charge in [-0.25, -0.2) is 0 Å². The predicted octanol–water partition coefficient (Wildman–Crippen LogP) is 4.34. The second-order valence-electron chi connectivity index (χ2n) is 6.90. The van der Waals surface area contributed by atoms with E-state index in [1.54, 1.807) is 0 Å². The zero-order chi connectivity index (χ0) is 18.2. The van der Waals surface area contributed by atoms with Crippen molar-refractivity contribution in [1.29, 1.82) is 0 Å². The highest BCUT2D eigenvalue weighted by atomic mass is 16.5. The molecule has 0 unspecified atom stereocenters. The van der Waals surface area contributed by atoms with E-state index >= 15 is 0 Å². The topological polar surface area (TPSA) is 32.7 Å². The minimum absolute atomic E-state index is 0.311. The average molecular weight is 341 g/mol. The molecule has 25 heavy (non-hydrogen) atoms. The fourth-order valence-electron chi connectivity index (χ4n) is 2.81. The van der Waals surface area contributed by atoms with Gasteiger partial charge in [-0.2, -0.15) is 0 Å². The molecule has 1 N–H and O–H groups in total. The second-order valence-corrected chi connectivity index (χ2v) is 6.90. The van der Waals surface area contributed by atoms with Crippen molar-refractivity contribution < 1.29 is 9.84 Å². The molecule has 0 fully saturated rings. The number of aliphatic hydroxyl groups excluding tert-OH is 1. The number of para-hydroxylation sites is 1. The van der Waals surface area contributed by atoms with E-state index < -0.39 is 6.10 Å². The first-order chi connectivity index (χ1) is 12.0. The summed E-state index contributed by atoms with van der Waals surface area (Å²) in [4.78, 5) is 2.33. The van der Waals surface area contributed by atoms with E-state index in [0.29, 0.717) is 19.2 Å². The van der Waals surface area contributed by atoms with Gasteiger partial charge < -0.3 is 9.84 Å². The largest absolute Gasteiger partial charge is 0.491 e. The van der Waals surface area contributed by atoms with E-state index in [1.165, 1.54) is 11.1 Å². The lowest BCUT2D eigenvalue weighted by molar-refractivity contribution is 0.0504. The van der Waals surface area contributed by atoms with Crippen LogP contribution in [0.1, 0.15) is 37.0 Å². The van der Waals surface area contributed by atoms with Crippen LogP contribution in [0.5, 0.6) is 5.75 Å². The maximum absolute atomic E-state index is 10.5. The van der Waals surface area contributed by atoms with E-state index in [-0.39, 0.29) is 0 Å². The van der Waals surface area contributed by atoms with E-state index in [9.17, 15) is 5.11 Å². The van der Waals surface area contributed by atoms with Crippen molar-refractivity contribution in [3.8, 4) is 5.75 Å². The van der Waals surface area contributed by atoms with Gasteiger partial charge in [0.05, 0.1) is 0 Å². The van der Waals surface area contributed by atoms with Gasteiger partial charge in [-0.1, -0.05) is 55.0 Å². The highest BCUT2D eigenvalue weighted by Gasteiger charge is 2.17. The van der Waals surface area contributed by atoms with Gasteiger partial charge in [-0.05, 0) is 44.4 Å². The molecule has 0 radical (unpaired) electrons. The number of rotatable bonds is 9. The number of hydrogen-bond acceptors (Lipinski definition) is 3. The maximum atomic E-state index is 10.5. The smallest absolute Gasteiger partial charge is 0.122 e. The molecule has 0 amide bonds. The third-order valence-electron chi connectivity index (χ3n) is 4.69. The molecule has 0 aromatic heterocycles. The van der Waals surface area contributed by atoms with Gasteiger partial charge in [-0.3, -0.25) is 4.90 Å². The predicted molar refractivity (Wildman–Crippen MR) is 104 cm³/mol. The molecular formula is C22H31NO2. The molecule has 0 aliphatic carbocycles. The number of benzene rings is 2. The molecule has 2 rings (SSSR count). The number of aryl methyl sites for hydroxylation is 2. The van der Waals surface area contributed by atoms with Crippen molar-refractivity contribution in [2.45, 2.75) is 52.8 Å². The van der Waals surface area contributed by atoms with Crippen LogP contribution >= 0.6 is 0 Å². The molecule has 0 bridgehead atoms. The summed E-state index contributed by atoms with van der Waals surface area (Å²) in [5.74, 6) is 0.843. The summed E-state index contributed by atoms with van der Waals surface area (Å²) >= 11 is 0. The third-order valence-corrected chi connectivity index (χ3v) is 4.69. The van der Waals surface area contributed by atoms with Crippen molar-refractivity contribution in [1.82, 2.24) is 4.90 Å². The lowest BCUT2D eigenvalue weighted by Crippen LogP contribution is -2.40. The van der Waals surface area contributed by atoms with Crippen LogP contribution in [0.3, 0.4) is 0 Å². The normalized spacial score (nSPS) is 13.7. The van der Waals surface area contributed by atoms with Crippen LogP contribution in [0.25, 0.3) is 0 Å². The van der Waals surface area contributed by atoms with Gasteiger partial charge in [0.2, 0.25) is 0 Å². The van der Waals surface area contributed by atoms with Crippen LogP contribution in [0.15, 0.2) is 48.5 Å². The van der Waals surface area contributed by atoms with Crippen LogP contribution in [0.2, 0.25) is 0 Å². The Bertz CT molecular complexity index is 639. The molecule has 0 saturated carbocycles. The Morgan fingerprint density at radius 3 is 2.36 bits per heavy atom. The van der Waals surface area contributed by atoms with E-state index in [2.05, 4.69) is 49.9 Å². The Balaban J connectivity index is 1.93. The zero-order valence-corrected chi connectivity index (χ0v) is 15.9. The molecule has 3 heteroatoms. The van der Waals surface area contributed by atoms with Crippen LogP contribution in [-0.4, -0.2) is 35.3 Å². The Labute approximate surface area is 152 Å². The van der Waals surface area contributed by atoms with Crippen molar-refractivity contribution in [2.75, 3.05) is 13.2 Å². The lowest BCUT2D eigenvalue weighted by atomic mass is 10.1. The lowest BCUT2D eigenvalue weighted by Gasteiger charge is -2.30. The Morgan fingerprint density at radius 1 is 1.04 bits per heavy atom. The summed E-state index contributed by atoms with van der Waals surface area (Å²) in [6.07, 6.45) is 0.538. The second kappa shape index (κ2) is 9.59. The van der Waals surface area contributed by atoms with Crippen molar-refractivity contribution in [3.63, 3.8) is 0 Å². The zero-order valence-electron chi connectivity index (χ0n) is 15.9. The summed E-state index contributed by atoms with van der Waals surface area (Å²) in [6, 6.07) is 16.9. The summed E-state index contributed by atoms with van der Waals surface area (Å²) in [5, 5.41) is 10.5. The molecule has 2 aromatic rings. The fourth-order valence-corrected chi connectivity index (χ4v) is 2.81. The van der Waals surface area contributed by atoms with Crippen LogP contribution in [0.4, 0.5) is 0 Å². The quantitative estimate of drug-likeness (QED) is 0.736. The Morgan fingerprint density at radius 2 is 1.72 bits per heavy atom. The molecule has 0 aliphatic heterocycles. The summed E-state index contributed by atoms with van der Waals surface area (Å²) in [6.45, 7) is 10.3. The molecule has 0 aliphatic rings. The minimum atomic E-state index is -0.515. The van der Waals surface area contributed by atoms with Crippen molar-refractivity contribution >= 4 is 0 Å².